The lowest BCUT2D eigenvalue weighted by molar-refractivity contribution is -0.150. The maximum Gasteiger partial charge on any atom is 0.451 e. The van der Waals surface area contributed by atoms with E-state index in [1.54, 1.807) is 24.8 Å². The zero-order valence-corrected chi connectivity index (χ0v) is 21.2. The van der Waals surface area contributed by atoms with Crippen LogP contribution in [-0.2, 0) is 18.3 Å². The zero-order chi connectivity index (χ0) is 27.2. The fourth-order valence-corrected chi connectivity index (χ4v) is 4.55. The van der Waals surface area contributed by atoms with Gasteiger partial charge in [0.25, 0.3) is 0 Å². The van der Waals surface area contributed by atoms with Gasteiger partial charge in [-0.15, -0.1) is 10.2 Å². The number of nitrogen functional groups attached to an aromatic ring is 1. The molecule has 9 nitrogen and oxygen atoms in total. The number of hydrogen-bond acceptors (Lipinski definition) is 8. The SMILES string of the molecule is C=CN[C@H](/C=C(\N)N1Cc2nnc(C(F)(F)F)n2C(C)(C)C1)C(=C)c1cc(OC2(C)CC2)ccc1NN. The maximum atomic E-state index is 13.5. The first-order chi connectivity index (χ1) is 17.3. The Balaban J connectivity index is 1.62. The molecule has 4 rings (SSSR count). The molecule has 2 heterocycles. The monoisotopic (exact) mass is 518 g/mol. The Morgan fingerprint density at radius 2 is 1.95 bits per heavy atom. The maximum absolute atomic E-state index is 13.5. The summed E-state index contributed by atoms with van der Waals surface area (Å²) in [5.74, 6) is 5.97. The van der Waals surface area contributed by atoms with Crippen molar-refractivity contribution >= 4 is 11.3 Å². The molecule has 0 amide bonds. The fraction of sp³-hybridized carbons (Fsp3) is 0.440. The van der Waals surface area contributed by atoms with E-state index in [0.29, 0.717) is 22.8 Å². The zero-order valence-electron chi connectivity index (χ0n) is 21.2. The van der Waals surface area contributed by atoms with Crippen LogP contribution in [0.15, 0.2) is 49.5 Å². The van der Waals surface area contributed by atoms with Gasteiger partial charge in [0.05, 0.1) is 29.6 Å². The van der Waals surface area contributed by atoms with Crippen molar-refractivity contribution in [2.45, 2.75) is 63.5 Å². The first-order valence-corrected chi connectivity index (χ1v) is 11.9. The lowest BCUT2D eigenvalue weighted by atomic mass is 9.97. The van der Waals surface area contributed by atoms with Crippen LogP contribution in [0.4, 0.5) is 18.9 Å². The van der Waals surface area contributed by atoms with E-state index in [9.17, 15) is 13.2 Å². The van der Waals surface area contributed by atoms with Gasteiger partial charge in [-0.2, -0.15) is 13.2 Å². The van der Waals surface area contributed by atoms with Crippen LogP contribution in [0.1, 0.15) is 50.8 Å². The Morgan fingerprint density at radius 1 is 1.24 bits per heavy atom. The number of nitrogens with zero attached hydrogens (tertiary/aromatic N) is 4. The van der Waals surface area contributed by atoms with Crippen LogP contribution in [-0.4, -0.2) is 37.9 Å². The average molecular weight is 519 g/mol. The summed E-state index contributed by atoms with van der Waals surface area (Å²) in [5.41, 5.74) is 10.1. The second kappa shape index (κ2) is 9.33. The van der Waals surface area contributed by atoms with Crippen LogP contribution >= 0.6 is 0 Å². The molecule has 0 radical (unpaired) electrons. The highest BCUT2D eigenvalue weighted by Crippen LogP contribution is 2.41. The first-order valence-electron chi connectivity index (χ1n) is 11.9. The molecule has 12 heteroatoms. The number of halogens is 3. The van der Waals surface area contributed by atoms with Crippen LogP contribution in [0.5, 0.6) is 5.75 Å². The molecule has 1 aliphatic heterocycles. The Kier molecular flexibility index (Phi) is 6.65. The van der Waals surface area contributed by atoms with Gasteiger partial charge in [-0.05, 0) is 69.7 Å². The summed E-state index contributed by atoms with van der Waals surface area (Å²) in [4.78, 5) is 1.77. The minimum atomic E-state index is -4.60. The van der Waals surface area contributed by atoms with Gasteiger partial charge in [0.2, 0.25) is 5.82 Å². The second-order valence-electron chi connectivity index (χ2n) is 10.3. The van der Waals surface area contributed by atoms with E-state index in [1.807, 2.05) is 18.2 Å². The van der Waals surface area contributed by atoms with E-state index in [2.05, 4.69) is 41.0 Å². The number of alkyl halides is 3. The molecule has 1 fully saturated rings. The molecule has 2 aromatic rings. The second-order valence-corrected chi connectivity index (χ2v) is 10.3. The summed E-state index contributed by atoms with van der Waals surface area (Å²) < 4.78 is 47.7. The molecule has 2 aliphatic rings. The van der Waals surface area contributed by atoms with E-state index in [-0.39, 0.29) is 24.5 Å². The van der Waals surface area contributed by atoms with Gasteiger partial charge in [0, 0.05) is 12.1 Å². The number of aromatic nitrogens is 3. The van der Waals surface area contributed by atoms with Crippen molar-refractivity contribution < 1.29 is 17.9 Å². The summed E-state index contributed by atoms with van der Waals surface area (Å²) in [6, 6.07) is 5.04. The van der Waals surface area contributed by atoms with Crippen molar-refractivity contribution in [2.75, 3.05) is 12.0 Å². The van der Waals surface area contributed by atoms with Crippen molar-refractivity contribution in [3.63, 3.8) is 0 Å². The number of anilines is 1. The number of benzene rings is 1. The highest BCUT2D eigenvalue weighted by atomic mass is 19.4. The minimum absolute atomic E-state index is 0.0691. The molecule has 37 heavy (non-hydrogen) atoms. The largest absolute Gasteiger partial charge is 0.488 e. The molecule has 1 saturated carbocycles. The molecule has 0 bridgehead atoms. The van der Waals surface area contributed by atoms with Crippen molar-refractivity contribution in [3.05, 3.63) is 66.7 Å². The minimum Gasteiger partial charge on any atom is -0.488 e. The Morgan fingerprint density at radius 3 is 2.54 bits per heavy atom. The van der Waals surface area contributed by atoms with Gasteiger partial charge in [0.1, 0.15) is 11.4 Å². The number of fused-ring (bicyclic) bond motifs is 1. The molecule has 200 valence electrons. The smallest absolute Gasteiger partial charge is 0.451 e. The van der Waals surface area contributed by atoms with Gasteiger partial charge in [0.15, 0.2) is 5.82 Å². The van der Waals surface area contributed by atoms with Crippen molar-refractivity contribution in [1.82, 2.24) is 25.0 Å². The summed E-state index contributed by atoms with van der Waals surface area (Å²) in [7, 11) is 0. The molecule has 0 saturated heterocycles. The van der Waals surface area contributed by atoms with E-state index >= 15 is 0 Å². The standard InChI is InChI=1S/C25H33F3N8O/c1-6-31-19(15(2)17-11-16(7-8-18(17)32-30)37-24(5)9-10-24)12-20(29)35-13-21-33-34-22(25(26,27)28)36(21)23(3,4)14-35/h6-8,11-12,19,31-32H,1-2,9-10,13-14,29-30H2,3-5H3/b20-12+/t19-/m1/s1. The van der Waals surface area contributed by atoms with E-state index < -0.39 is 23.6 Å². The molecule has 1 aliphatic carbocycles. The molecule has 6 N–H and O–H groups in total. The summed E-state index contributed by atoms with van der Waals surface area (Å²) >= 11 is 0. The lowest BCUT2D eigenvalue weighted by Crippen LogP contribution is -2.49. The van der Waals surface area contributed by atoms with Crippen LogP contribution in [0.3, 0.4) is 0 Å². The van der Waals surface area contributed by atoms with E-state index in [4.69, 9.17) is 16.3 Å². The third-order valence-corrected chi connectivity index (χ3v) is 6.69. The fourth-order valence-electron chi connectivity index (χ4n) is 4.55. The van der Waals surface area contributed by atoms with Crippen molar-refractivity contribution in [3.8, 4) is 5.75 Å². The Labute approximate surface area is 214 Å². The van der Waals surface area contributed by atoms with Crippen LogP contribution < -0.4 is 27.1 Å². The number of ether oxygens (including phenoxy) is 1. The number of hydrazine groups is 1. The van der Waals surface area contributed by atoms with Gasteiger partial charge in [-0.1, -0.05) is 13.2 Å². The first kappa shape index (κ1) is 26.4. The van der Waals surface area contributed by atoms with Crippen LogP contribution in [0.2, 0.25) is 0 Å². The normalized spacial score (nSPS) is 19.0. The number of hydrogen-bond donors (Lipinski definition) is 4. The van der Waals surface area contributed by atoms with Gasteiger partial charge >= 0.3 is 6.18 Å². The van der Waals surface area contributed by atoms with E-state index in [1.165, 1.54) is 6.20 Å². The highest BCUT2D eigenvalue weighted by molar-refractivity contribution is 5.79. The third kappa shape index (κ3) is 5.38. The number of nitrogens with two attached hydrogens (primary N) is 2. The summed E-state index contributed by atoms with van der Waals surface area (Å²) in [6.07, 6.45) is 0.641. The predicted molar refractivity (Wildman–Crippen MR) is 136 cm³/mol. The molecular weight excluding hydrogens is 485 g/mol. The summed E-state index contributed by atoms with van der Waals surface area (Å²) in [5, 5.41) is 10.3. The Hall–Kier alpha value is -3.67. The number of rotatable bonds is 9. The summed E-state index contributed by atoms with van der Waals surface area (Å²) in [6.45, 7) is 13.8. The topological polar surface area (TPSA) is 119 Å². The third-order valence-electron chi connectivity index (χ3n) is 6.69. The number of nitrogens with one attached hydrogen (secondary N) is 2. The quantitative estimate of drug-likeness (QED) is 0.293. The van der Waals surface area contributed by atoms with E-state index in [0.717, 1.165) is 23.0 Å². The van der Waals surface area contributed by atoms with Crippen molar-refractivity contribution in [2.24, 2.45) is 11.6 Å². The highest BCUT2D eigenvalue weighted by Gasteiger charge is 2.45. The van der Waals surface area contributed by atoms with Crippen LogP contribution in [0, 0.1) is 0 Å². The van der Waals surface area contributed by atoms with Crippen LogP contribution in [0.25, 0.3) is 5.57 Å². The molecule has 1 atom stereocenters. The molecule has 0 unspecified atom stereocenters. The van der Waals surface area contributed by atoms with Gasteiger partial charge in [-0.3, -0.25) is 10.4 Å². The molecule has 0 spiro atoms. The molecule has 1 aromatic carbocycles. The van der Waals surface area contributed by atoms with Gasteiger partial charge < -0.3 is 26.1 Å². The predicted octanol–water partition coefficient (Wildman–Crippen LogP) is 3.68. The molecular formula is C25H33F3N8O. The average Bonchev–Trinajstić information content (AvgIpc) is 3.35. The Bertz CT molecular complexity index is 1230. The lowest BCUT2D eigenvalue weighted by Gasteiger charge is -2.41. The van der Waals surface area contributed by atoms with Crippen molar-refractivity contribution in [1.29, 1.82) is 0 Å². The van der Waals surface area contributed by atoms with Gasteiger partial charge in [-0.25, -0.2) is 0 Å². The molecule has 1 aromatic heterocycles.